The van der Waals surface area contributed by atoms with E-state index >= 15 is 0 Å². The van der Waals surface area contributed by atoms with Crippen molar-refractivity contribution in [2.45, 2.75) is 0 Å². The normalized spacial score (nSPS) is 9.92. The first kappa shape index (κ1) is 9.41. The Labute approximate surface area is 80.4 Å². The highest BCUT2D eigenvalue weighted by molar-refractivity contribution is 9.10. The largest absolute Gasteiger partial charge is 0.320 e. The molecule has 0 unspecified atom stereocenters. The minimum absolute atomic E-state index is 0.0332. The molecule has 0 aliphatic carbocycles. The number of nitro groups is 1. The van der Waals surface area contributed by atoms with Crippen molar-refractivity contribution in [3.05, 3.63) is 37.6 Å². The van der Waals surface area contributed by atoms with Crippen molar-refractivity contribution in [2.24, 2.45) is 0 Å². The highest BCUT2D eigenvalue weighted by Crippen LogP contribution is 2.33. The van der Waals surface area contributed by atoms with Crippen LogP contribution in [0.4, 0.5) is 10.1 Å². The Morgan fingerprint density at radius 2 is 2.17 bits per heavy atom. The Morgan fingerprint density at radius 3 is 2.58 bits per heavy atom. The lowest BCUT2D eigenvalue weighted by atomic mass is 10.3. The minimum Gasteiger partial charge on any atom is -0.258 e. The molecule has 0 aliphatic rings. The van der Waals surface area contributed by atoms with E-state index in [4.69, 9.17) is 11.6 Å². The van der Waals surface area contributed by atoms with Crippen LogP contribution in [0.25, 0.3) is 0 Å². The van der Waals surface area contributed by atoms with Crippen molar-refractivity contribution in [2.75, 3.05) is 0 Å². The molecule has 0 N–H and O–H groups in total. The molecule has 0 saturated carbocycles. The Hall–Kier alpha value is -0.680. The molecule has 64 valence electrons. The van der Waals surface area contributed by atoms with Gasteiger partial charge in [-0.25, -0.2) is 0 Å². The van der Waals surface area contributed by atoms with Crippen LogP contribution in [0, 0.1) is 15.9 Å². The van der Waals surface area contributed by atoms with Crippen LogP contribution in [-0.2, 0) is 0 Å². The van der Waals surface area contributed by atoms with E-state index in [9.17, 15) is 14.5 Å². The van der Waals surface area contributed by atoms with Gasteiger partial charge in [0.05, 0.1) is 9.95 Å². The van der Waals surface area contributed by atoms with Crippen LogP contribution in [0.2, 0.25) is 5.02 Å². The summed E-state index contributed by atoms with van der Waals surface area (Å²) in [7, 11) is 0. The molecule has 0 bridgehead atoms. The molecular formula is C6H2BrClFNO2. The quantitative estimate of drug-likeness (QED) is 0.439. The Kier molecular flexibility index (Phi) is 2.64. The van der Waals surface area contributed by atoms with Gasteiger partial charge < -0.3 is 0 Å². The van der Waals surface area contributed by atoms with E-state index in [1.54, 1.807) is 0 Å². The smallest absolute Gasteiger partial charge is 0.258 e. The van der Waals surface area contributed by atoms with Crippen molar-refractivity contribution < 1.29 is 9.31 Å². The van der Waals surface area contributed by atoms with Crippen LogP contribution in [0.1, 0.15) is 0 Å². The van der Waals surface area contributed by atoms with Gasteiger partial charge in [-0.05, 0) is 28.1 Å². The maximum absolute atomic E-state index is 12.8. The maximum atomic E-state index is 12.8. The fourth-order valence-electron chi connectivity index (χ4n) is 0.684. The lowest BCUT2D eigenvalue weighted by molar-refractivity contribution is -0.388. The molecule has 12 heavy (non-hydrogen) atoms. The number of benzene rings is 1. The second-order valence-corrected chi connectivity index (χ2v) is 3.15. The minimum atomic E-state index is -0.906. The van der Waals surface area contributed by atoms with E-state index < -0.39 is 16.4 Å². The van der Waals surface area contributed by atoms with Gasteiger partial charge in [0.15, 0.2) is 0 Å². The zero-order valence-corrected chi connectivity index (χ0v) is 7.89. The van der Waals surface area contributed by atoms with Gasteiger partial charge in [0, 0.05) is 0 Å². The van der Waals surface area contributed by atoms with Crippen LogP contribution in [-0.4, -0.2) is 4.92 Å². The third kappa shape index (κ3) is 1.56. The molecule has 0 fully saturated rings. The summed E-state index contributed by atoms with van der Waals surface area (Å²) in [6.07, 6.45) is 0. The molecule has 0 saturated heterocycles. The van der Waals surface area contributed by atoms with Gasteiger partial charge in [-0.15, -0.1) is 0 Å². The molecule has 0 amide bonds. The van der Waals surface area contributed by atoms with Gasteiger partial charge in [0.25, 0.3) is 0 Å². The third-order valence-electron chi connectivity index (χ3n) is 1.20. The standard InChI is InChI=1S/C6H2BrClFNO2/c7-5-3(8)1-2-4(9)6(5)10(11)12/h1-2H. The summed E-state index contributed by atoms with van der Waals surface area (Å²) in [6.45, 7) is 0. The van der Waals surface area contributed by atoms with Crippen LogP contribution in [0.15, 0.2) is 16.6 Å². The van der Waals surface area contributed by atoms with E-state index in [0.717, 1.165) is 6.07 Å². The summed E-state index contributed by atoms with van der Waals surface area (Å²) in [5.74, 6) is -0.906. The molecule has 0 aromatic heterocycles. The van der Waals surface area contributed by atoms with E-state index in [0.29, 0.717) is 0 Å². The van der Waals surface area contributed by atoms with E-state index in [1.807, 2.05) is 0 Å². The summed E-state index contributed by atoms with van der Waals surface area (Å²) < 4.78 is 12.7. The summed E-state index contributed by atoms with van der Waals surface area (Å²) in [4.78, 5) is 9.44. The van der Waals surface area contributed by atoms with Crippen molar-refractivity contribution in [1.29, 1.82) is 0 Å². The topological polar surface area (TPSA) is 43.1 Å². The van der Waals surface area contributed by atoms with Gasteiger partial charge in [0.2, 0.25) is 5.82 Å². The molecule has 0 spiro atoms. The van der Waals surface area contributed by atoms with E-state index in [2.05, 4.69) is 15.9 Å². The Bertz CT molecular complexity index is 345. The van der Waals surface area contributed by atoms with Crippen molar-refractivity contribution in [3.8, 4) is 0 Å². The van der Waals surface area contributed by atoms with E-state index in [1.165, 1.54) is 6.07 Å². The lowest BCUT2D eigenvalue weighted by Crippen LogP contribution is -1.93. The average molecular weight is 254 g/mol. The number of rotatable bonds is 1. The van der Waals surface area contributed by atoms with Crippen LogP contribution in [0.3, 0.4) is 0 Å². The molecular weight excluding hydrogens is 252 g/mol. The van der Waals surface area contributed by atoms with Gasteiger partial charge in [0.1, 0.15) is 4.47 Å². The first-order valence-electron chi connectivity index (χ1n) is 2.82. The zero-order valence-electron chi connectivity index (χ0n) is 5.55. The number of nitrogens with zero attached hydrogens (tertiary/aromatic N) is 1. The zero-order chi connectivity index (χ0) is 9.30. The molecule has 1 rings (SSSR count). The molecule has 1 aromatic rings. The predicted octanol–water partition coefficient (Wildman–Crippen LogP) is 3.15. The molecule has 1 aromatic carbocycles. The average Bonchev–Trinajstić information content (AvgIpc) is 1.97. The highest BCUT2D eigenvalue weighted by Gasteiger charge is 2.20. The molecule has 0 aliphatic heterocycles. The number of nitro benzene ring substituents is 1. The van der Waals surface area contributed by atoms with E-state index in [-0.39, 0.29) is 9.50 Å². The van der Waals surface area contributed by atoms with Crippen LogP contribution in [0.5, 0.6) is 0 Å². The SMILES string of the molecule is O=[N+]([O-])c1c(F)ccc(Cl)c1Br. The van der Waals surface area contributed by atoms with Crippen LogP contribution < -0.4 is 0 Å². The van der Waals surface area contributed by atoms with Gasteiger partial charge in [-0.3, -0.25) is 10.1 Å². The molecule has 3 nitrogen and oxygen atoms in total. The summed E-state index contributed by atoms with van der Waals surface area (Å²) >= 11 is 8.33. The fourth-order valence-corrected chi connectivity index (χ4v) is 1.30. The Morgan fingerprint density at radius 1 is 1.58 bits per heavy atom. The second kappa shape index (κ2) is 3.37. The fraction of sp³-hybridized carbons (Fsp3) is 0. The van der Waals surface area contributed by atoms with Gasteiger partial charge in [-0.1, -0.05) is 11.6 Å². The second-order valence-electron chi connectivity index (χ2n) is 1.95. The number of hydrogen-bond acceptors (Lipinski definition) is 2. The third-order valence-corrected chi connectivity index (χ3v) is 2.55. The van der Waals surface area contributed by atoms with Crippen molar-refractivity contribution in [3.63, 3.8) is 0 Å². The molecule has 6 heteroatoms. The summed E-state index contributed by atoms with van der Waals surface area (Å²) in [5.41, 5.74) is -0.637. The lowest BCUT2D eigenvalue weighted by Gasteiger charge is -1.97. The summed E-state index contributed by atoms with van der Waals surface area (Å²) in [6, 6.07) is 2.19. The van der Waals surface area contributed by atoms with Crippen LogP contribution >= 0.6 is 27.5 Å². The number of hydrogen-bond donors (Lipinski definition) is 0. The summed E-state index contributed by atoms with van der Waals surface area (Å²) in [5, 5.41) is 10.4. The molecule has 0 radical (unpaired) electrons. The maximum Gasteiger partial charge on any atom is 0.320 e. The Balaban J connectivity index is 3.43. The predicted molar refractivity (Wildman–Crippen MR) is 45.8 cm³/mol. The highest BCUT2D eigenvalue weighted by atomic mass is 79.9. The monoisotopic (exact) mass is 253 g/mol. The van der Waals surface area contributed by atoms with Gasteiger partial charge >= 0.3 is 5.69 Å². The van der Waals surface area contributed by atoms with Crippen molar-refractivity contribution in [1.82, 2.24) is 0 Å². The first-order chi connectivity index (χ1) is 5.54. The molecule has 0 heterocycles. The number of halogens is 3. The first-order valence-corrected chi connectivity index (χ1v) is 3.99. The van der Waals surface area contributed by atoms with Gasteiger partial charge in [-0.2, -0.15) is 4.39 Å². The van der Waals surface area contributed by atoms with Crippen molar-refractivity contribution >= 4 is 33.2 Å². The molecule has 0 atom stereocenters.